The molecule has 96 valence electrons. The zero-order valence-electron chi connectivity index (χ0n) is 10.0. The minimum atomic E-state index is -2.93. The lowest BCUT2D eigenvalue weighted by Crippen LogP contribution is -2.06. The molecule has 0 saturated heterocycles. The number of carbonyl (C=O) groups excluding carboxylic acids is 1. The summed E-state index contributed by atoms with van der Waals surface area (Å²) in [6.45, 7) is 0. The molecule has 0 aliphatic rings. The molecule has 0 unspecified atom stereocenters. The third-order valence-electron chi connectivity index (χ3n) is 2.43. The monoisotopic (exact) mass is 274 g/mol. The van der Waals surface area contributed by atoms with Crippen LogP contribution in [0.2, 0.25) is 0 Å². The van der Waals surface area contributed by atoms with E-state index in [1.807, 2.05) is 11.4 Å². The molecule has 1 heterocycles. The van der Waals surface area contributed by atoms with Gasteiger partial charge in [0.25, 0.3) is 0 Å². The quantitative estimate of drug-likeness (QED) is 0.731. The zero-order valence-corrected chi connectivity index (χ0v) is 11.6. The fourth-order valence-corrected chi connectivity index (χ4v) is 2.99. The van der Waals surface area contributed by atoms with E-state index in [1.165, 1.54) is 11.1 Å². The number of ketones is 1. The number of hydrogen-bond donors (Lipinski definition) is 0. The maximum atomic E-state index is 11.5. The van der Waals surface area contributed by atoms with E-state index < -0.39 is 9.84 Å². The fourth-order valence-electron chi connectivity index (χ4n) is 1.57. The molecule has 1 aromatic heterocycles. The minimum Gasteiger partial charge on any atom is -0.300 e. The van der Waals surface area contributed by atoms with Crippen LogP contribution in [0.25, 0.3) is 0 Å². The van der Waals surface area contributed by atoms with Crippen LogP contribution in [0.15, 0.2) is 17.5 Å². The van der Waals surface area contributed by atoms with Gasteiger partial charge in [-0.25, -0.2) is 8.42 Å². The Morgan fingerprint density at radius 2 is 2.00 bits per heavy atom. The molecule has 0 saturated carbocycles. The summed E-state index contributed by atoms with van der Waals surface area (Å²) in [5, 5.41) is 2.03. The molecule has 1 rings (SSSR count). The van der Waals surface area contributed by atoms with Gasteiger partial charge in [0.2, 0.25) is 0 Å². The summed E-state index contributed by atoms with van der Waals surface area (Å²) in [5.41, 5.74) is 0. The lowest BCUT2D eigenvalue weighted by atomic mass is 10.1. The first-order valence-corrected chi connectivity index (χ1v) is 8.63. The van der Waals surface area contributed by atoms with E-state index >= 15 is 0 Å². The van der Waals surface area contributed by atoms with E-state index in [9.17, 15) is 13.2 Å². The van der Waals surface area contributed by atoms with Gasteiger partial charge in [0.05, 0.1) is 5.75 Å². The number of aryl methyl sites for hydroxylation is 1. The van der Waals surface area contributed by atoms with Crippen molar-refractivity contribution in [3.8, 4) is 0 Å². The van der Waals surface area contributed by atoms with E-state index in [0.29, 0.717) is 19.3 Å². The highest BCUT2D eigenvalue weighted by Gasteiger charge is 2.06. The van der Waals surface area contributed by atoms with Gasteiger partial charge in [-0.1, -0.05) is 6.07 Å². The van der Waals surface area contributed by atoms with Crippen molar-refractivity contribution in [2.24, 2.45) is 0 Å². The highest BCUT2D eigenvalue weighted by Crippen LogP contribution is 2.12. The predicted molar refractivity (Wildman–Crippen MR) is 71.2 cm³/mol. The Hall–Kier alpha value is -0.680. The predicted octanol–water partition coefficient (Wildman–Crippen LogP) is 2.46. The lowest BCUT2D eigenvalue weighted by molar-refractivity contribution is -0.119. The fraction of sp³-hybridized carbons (Fsp3) is 0.583. The molecular weight excluding hydrogens is 256 g/mol. The van der Waals surface area contributed by atoms with E-state index in [1.54, 1.807) is 11.3 Å². The number of carbonyl (C=O) groups is 1. The number of thiophene rings is 1. The third-order valence-corrected chi connectivity index (χ3v) is 4.40. The van der Waals surface area contributed by atoms with Crippen molar-refractivity contribution in [1.82, 2.24) is 0 Å². The molecule has 0 amide bonds. The Kier molecular flexibility index (Phi) is 5.85. The molecule has 0 aliphatic heterocycles. The zero-order chi connectivity index (χ0) is 12.7. The first-order valence-electron chi connectivity index (χ1n) is 5.69. The number of hydrogen-bond acceptors (Lipinski definition) is 4. The summed E-state index contributed by atoms with van der Waals surface area (Å²) in [5.74, 6) is 0.286. The Bertz CT molecular complexity index is 432. The third kappa shape index (κ3) is 7.28. The molecule has 0 aliphatic carbocycles. The average molecular weight is 274 g/mol. The van der Waals surface area contributed by atoms with Gasteiger partial charge < -0.3 is 0 Å². The number of sulfone groups is 1. The van der Waals surface area contributed by atoms with E-state index in [-0.39, 0.29) is 11.5 Å². The lowest BCUT2D eigenvalue weighted by Gasteiger charge is -2.00. The van der Waals surface area contributed by atoms with Crippen LogP contribution < -0.4 is 0 Å². The summed E-state index contributed by atoms with van der Waals surface area (Å²) in [7, 11) is -2.93. The van der Waals surface area contributed by atoms with Crippen molar-refractivity contribution in [2.75, 3.05) is 12.0 Å². The first kappa shape index (κ1) is 14.4. The standard InChI is InChI=1S/C12H18O3S2/c1-17(14,15)10-4-6-11(13)5-2-7-12-8-3-9-16-12/h3,8-9H,2,4-7,10H2,1H3. The van der Waals surface area contributed by atoms with Crippen molar-refractivity contribution in [3.05, 3.63) is 22.4 Å². The summed E-state index contributed by atoms with van der Waals surface area (Å²) in [4.78, 5) is 12.8. The summed E-state index contributed by atoms with van der Waals surface area (Å²) >= 11 is 1.71. The molecule has 0 atom stereocenters. The second kappa shape index (κ2) is 6.91. The Balaban J connectivity index is 2.09. The van der Waals surface area contributed by atoms with Crippen LogP contribution in [0.5, 0.6) is 0 Å². The van der Waals surface area contributed by atoms with Gasteiger partial charge in [-0.05, 0) is 30.7 Å². The molecule has 17 heavy (non-hydrogen) atoms. The van der Waals surface area contributed by atoms with Gasteiger partial charge in [0, 0.05) is 24.0 Å². The smallest absolute Gasteiger partial charge is 0.147 e. The van der Waals surface area contributed by atoms with E-state index in [0.717, 1.165) is 12.8 Å². The van der Waals surface area contributed by atoms with Gasteiger partial charge in [-0.2, -0.15) is 0 Å². The summed E-state index contributed by atoms with van der Waals surface area (Å²) < 4.78 is 21.7. The molecule has 3 nitrogen and oxygen atoms in total. The molecule has 1 aromatic rings. The van der Waals surface area contributed by atoms with Crippen LogP contribution >= 0.6 is 11.3 Å². The van der Waals surface area contributed by atoms with Gasteiger partial charge >= 0.3 is 0 Å². The van der Waals surface area contributed by atoms with Gasteiger partial charge in [-0.3, -0.25) is 4.79 Å². The van der Waals surface area contributed by atoms with Gasteiger partial charge in [0.15, 0.2) is 0 Å². The summed E-state index contributed by atoms with van der Waals surface area (Å²) in [6, 6.07) is 4.08. The Morgan fingerprint density at radius 3 is 2.59 bits per heavy atom. The molecule has 0 spiro atoms. The molecule has 0 bridgehead atoms. The van der Waals surface area contributed by atoms with E-state index in [4.69, 9.17) is 0 Å². The van der Waals surface area contributed by atoms with Crippen LogP contribution in [0.3, 0.4) is 0 Å². The largest absolute Gasteiger partial charge is 0.300 e. The maximum absolute atomic E-state index is 11.5. The van der Waals surface area contributed by atoms with Crippen molar-refractivity contribution in [3.63, 3.8) is 0 Å². The Morgan fingerprint density at radius 1 is 1.29 bits per heavy atom. The molecule has 0 N–H and O–H groups in total. The van der Waals surface area contributed by atoms with Crippen molar-refractivity contribution >= 4 is 27.0 Å². The van der Waals surface area contributed by atoms with Crippen LogP contribution in [0, 0.1) is 0 Å². The van der Waals surface area contributed by atoms with Crippen molar-refractivity contribution < 1.29 is 13.2 Å². The SMILES string of the molecule is CS(=O)(=O)CCCC(=O)CCCc1cccs1. The summed E-state index contributed by atoms with van der Waals surface area (Å²) in [6.07, 6.45) is 4.40. The van der Waals surface area contributed by atoms with Crippen molar-refractivity contribution in [1.29, 1.82) is 0 Å². The number of Topliss-reactive ketones (excluding diaryl/α,β-unsaturated/α-hetero) is 1. The van der Waals surface area contributed by atoms with E-state index in [2.05, 4.69) is 6.07 Å². The highest BCUT2D eigenvalue weighted by molar-refractivity contribution is 7.90. The molecule has 0 radical (unpaired) electrons. The van der Waals surface area contributed by atoms with Crippen LogP contribution in [0.4, 0.5) is 0 Å². The Labute approximate surface area is 107 Å². The number of rotatable bonds is 8. The topological polar surface area (TPSA) is 51.2 Å². The molecular formula is C12H18O3S2. The normalized spacial score (nSPS) is 11.6. The second-order valence-corrected chi connectivity index (χ2v) is 7.50. The van der Waals surface area contributed by atoms with Crippen LogP contribution in [-0.4, -0.2) is 26.2 Å². The average Bonchev–Trinajstić information content (AvgIpc) is 2.68. The molecule has 0 fully saturated rings. The second-order valence-electron chi connectivity index (χ2n) is 4.21. The maximum Gasteiger partial charge on any atom is 0.147 e. The van der Waals surface area contributed by atoms with Crippen LogP contribution in [-0.2, 0) is 21.1 Å². The highest BCUT2D eigenvalue weighted by atomic mass is 32.2. The first-order chi connectivity index (χ1) is 7.97. The van der Waals surface area contributed by atoms with Gasteiger partial charge in [0.1, 0.15) is 15.6 Å². The molecule has 0 aromatic carbocycles. The van der Waals surface area contributed by atoms with Crippen LogP contribution in [0.1, 0.15) is 30.6 Å². The minimum absolute atomic E-state index is 0.115. The molecule has 5 heteroatoms. The van der Waals surface area contributed by atoms with Crippen molar-refractivity contribution in [2.45, 2.75) is 32.1 Å². The van der Waals surface area contributed by atoms with Gasteiger partial charge in [-0.15, -0.1) is 11.3 Å².